The van der Waals surface area contributed by atoms with Crippen molar-refractivity contribution in [1.82, 2.24) is 14.8 Å². The molecule has 0 radical (unpaired) electrons. The van der Waals surface area contributed by atoms with Gasteiger partial charge in [-0.1, -0.05) is 22.0 Å². The number of phenolic OH excluding ortho intramolecular Hbond substituents is 1. The molecule has 150 valence electrons. The van der Waals surface area contributed by atoms with Gasteiger partial charge in [-0.25, -0.2) is 9.59 Å². The topological polar surface area (TPSA) is 114 Å². The summed E-state index contributed by atoms with van der Waals surface area (Å²) >= 11 is 3.46. The molecule has 1 fully saturated rings. The molecule has 1 aliphatic rings. The Kier molecular flexibility index (Phi) is 8.37. The number of piperazine rings is 1. The summed E-state index contributed by atoms with van der Waals surface area (Å²) in [5.74, 6) is -3.27. The molecule has 9 heteroatoms. The maximum atomic E-state index is 9.95. The minimum absolute atomic E-state index is 0.376. The lowest BCUT2D eigenvalue weighted by atomic mass is 10.1. The number of aromatic hydroxyl groups is 1. The molecule has 28 heavy (non-hydrogen) atoms. The largest absolute Gasteiger partial charge is 0.508 e. The Hall–Kier alpha value is -2.49. The average Bonchev–Trinajstić information content (AvgIpc) is 2.67. The average molecular weight is 452 g/mol. The van der Waals surface area contributed by atoms with E-state index < -0.39 is 11.9 Å². The molecule has 2 heterocycles. The summed E-state index contributed by atoms with van der Waals surface area (Å²) in [5.41, 5.74) is 2.25. The van der Waals surface area contributed by atoms with Gasteiger partial charge in [0.1, 0.15) is 5.75 Å². The van der Waals surface area contributed by atoms with E-state index in [1.54, 1.807) is 6.07 Å². The molecule has 1 aliphatic heterocycles. The summed E-state index contributed by atoms with van der Waals surface area (Å²) in [5, 5.41) is 24.7. The molecule has 2 aromatic rings. The van der Waals surface area contributed by atoms with Gasteiger partial charge >= 0.3 is 11.9 Å². The lowest BCUT2D eigenvalue weighted by Crippen LogP contribution is -2.45. The second kappa shape index (κ2) is 10.7. The third kappa shape index (κ3) is 7.26. The molecular formula is C19H22BrN3O5. The lowest BCUT2D eigenvalue weighted by Gasteiger charge is -2.34. The zero-order chi connectivity index (χ0) is 20.5. The predicted molar refractivity (Wildman–Crippen MR) is 106 cm³/mol. The second-order valence-electron chi connectivity index (χ2n) is 6.30. The number of carboxylic acid groups (broad SMARTS) is 2. The first-order valence-corrected chi connectivity index (χ1v) is 9.41. The van der Waals surface area contributed by atoms with Crippen LogP contribution < -0.4 is 0 Å². The molecule has 0 spiro atoms. The Balaban J connectivity index is 0.000000409. The normalized spacial score (nSPS) is 14.8. The third-order valence-corrected chi connectivity index (χ3v) is 4.71. The monoisotopic (exact) mass is 451 g/mol. The molecule has 1 aromatic heterocycles. The van der Waals surface area contributed by atoms with Crippen molar-refractivity contribution in [2.75, 3.05) is 26.2 Å². The van der Waals surface area contributed by atoms with Crippen molar-refractivity contribution in [3.05, 3.63) is 58.3 Å². The first-order chi connectivity index (χ1) is 13.3. The number of aromatic nitrogens is 1. The van der Waals surface area contributed by atoms with Crippen molar-refractivity contribution in [1.29, 1.82) is 0 Å². The maximum absolute atomic E-state index is 9.95. The van der Waals surface area contributed by atoms with Gasteiger partial charge in [0.05, 0.1) is 0 Å². The zero-order valence-corrected chi connectivity index (χ0v) is 16.7. The number of carboxylic acids is 2. The SMILES string of the molecule is O=C(O)C(=O)O.Oc1ccc(Br)cc1CN1CCN(Cc2cccnc2)CC1. The number of pyridine rings is 1. The zero-order valence-electron chi connectivity index (χ0n) is 15.2. The summed E-state index contributed by atoms with van der Waals surface area (Å²) in [6.45, 7) is 5.89. The summed E-state index contributed by atoms with van der Waals surface area (Å²) in [6.07, 6.45) is 3.75. The smallest absolute Gasteiger partial charge is 0.414 e. The van der Waals surface area contributed by atoms with Gasteiger partial charge in [0.2, 0.25) is 0 Å². The number of rotatable bonds is 4. The predicted octanol–water partition coefficient (Wildman–Crippen LogP) is 2.02. The maximum Gasteiger partial charge on any atom is 0.414 e. The van der Waals surface area contributed by atoms with E-state index in [4.69, 9.17) is 19.8 Å². The Morgan fingerprint density at radius 3 is 2.14 bits per heavy atom. The highest BCUT2D eigenvalue weighted by molar-refractivity contribution is 9.10. The highest BCUT2D eigenvalue weighted by Gasteiger charge is 2.18. The van der Waals surface area contributed by atoms with Crippen LogP contribution in [-0.4, -0.2) is 68.2 Å². The first kappa shape index (κ1) is 21.8. The van der Waals surface area contributed by atoms with Crippen molar-refractivity contribution in [2.24, 2.45) is 0 Å². The summed E-state index contributed by atoms with van der Waals surface area (Å²) < 4.78 is 1.01. The fourth-order valence-electron chi connectivity index (χ4n) is 2.78. The molecule has 0 atom stereocenters. The number of hydrogen-bond donors (Lipinski definition) is 3. The van der Waals surface area contributed by atoms with Crippen LogP contribution in [0.15, 0.2) is 47.2 Å². The van der Waals surface area contributed by atoms with Gasteiger partial charge in [-0.05, 0) is 29.8 Å². The van der Waals surface area contributed by atoms with E-state index in [0.29, 0.717) is 5.75 Å². The van der Waals surface area contributed by atoms with E-state index in [-0.39, 0.29) is 0 Å². The van der Waals surface area contributed by atoms with Gasteiger partial charge in [-0.15, -0.1) is 0 Å². The van der Waals surface area contributed by atoms with E-state index in [1.807, 2.05) is 30.6 Å². The van der Waals surface area contributed by atoms with Crippen molar-refractivity contribution >= 4 is 27.9 Å². The molecule has 0 saturated carbocycles. The minimum Gasteiger partial charge on any atom is -0.508 e. The van der Waals surface area contributed by atoms with E-state index in [1.165, 1.54) is 5.56 Å². The fourth-order valence-corrected chi connectivity index (χ4v) is 3.19. The highest BCUT2D eigenvalue weighted by Crippen LogP contribution is 2.23. The Bertz CT molecular complexity index is 783. The van der Waals surface area contributed by atoms with Crippen molar-refractivity contribution in [2.45, 2.75) is 13.1 Å². The Labute approximate surface area is 171 Å². The number of aliphatic carboxylic acids is 2. The summed E-state index contributed by atoms with van der Waals surface area (Å²) in [4.78, 5) is 27.2. The standard InChI is InChI=1S/C17H20BrN3O.C2H2O4/c18-16-3-4-17(22)15(10-16)13-21-8-6-20(7-9-21)12-14-2-1-5-19-11-14;3-1(4)2(5)6/h1-5,10-11,22H,6-9,12-13H2;(H,3,4)(H,5,6). The molecule has 8 nitrogen and oxygen atoms in total. The van der Waals surface area contributed by atoms with Crippen molar-refractivity contribution in [3.63, 3.8) is 0 Å². The Morgan fingerprint density at radius 2 is 1.61 bits per heavy atom. The van der Waals surface area contributed by atoms with Crippen molar-refractivity contribution in [3.8, 4) is 5.75 Å². The number of benzene rings is 1. The van der Waals surface area contributed by atoms with Crippen LogP contribution in [0, 0.1) is 0 Å². The van der Waals surface area contributed by atoms with E-state index >= 15 is 0 Å². The van der Waals surface area contributed by atoms with Crippen LogP contribution in [0.2, 0.25) is 0 Å². The minimum atomic E-state index is -1.82. The van der Waals surface area contributed by atoms with Crippen molar-refractivity contribution < 1.29 is 24.9 Å². The number of phenols is 1. The highest BCUT2D eigenvalue weighted by atomic mass is 79.9. The molecule has 0 aliphatic carbocycles. The lowest BCUT2D eigenvalue weighted by molar-refractivity contribution is -0.159. The quantitative estimate of drug-likeness (QED) is 0.604. The van der Waals surface area contributed by atoms with Gasteiger partial charge in [0, 0.05) is 61.7 Å². The molecule has 1 saturated heterocycles. The van der Waals surface area contributed by atoms with Gasteiger partial charge in [-0.3, -0.25) is 14.8 Å². The van der Waals surface area contributed by atoms with Crippen LogP contribution in [-0.2, 0) is 22.7 Å². The number of nitrogens with zero attached hydrogens (tertiary/aromatic N) is 3. The van der Waals surface area contributed by atoms with Crippen LogP contribution in [0.3, 0.4) is 0 Å². The van der Waals surface area contributed by atoms with Gasteiger partial charge < -0.3 is 15.3 Å². The fraction of sp³-hybridized carbons (Fsp3) is 0.316. The van der Waals surface area contributed by atoms with E-state index in [0.717, 1.165) is 49.3 Å². The number of hydrogen-bond acceptors (Lipinski definition) is 6. The van der Waals surface area contributed by atoms with Gasteiger partial charge in [0.15, 0.2) is 0 Å². The Morgan fingerprint density at radius 1 is 1.00 bits per heavy atom. The molecule has 0 unspecified atom stereocenters. The second-order valence-corrected chi connectivity index (χ2v) is 7.21. The number of carbonyl (C=O) groups is 2. The molecular weight excluding hydrogens is 430 g/mol. The molecule has 0 bridgehead atoms. The van der Waals surface area contributed by atoms with Gasteiger partial charge in [0.25, 0.3) is 0 Å². The van der Waals surface area contributed by atoms with Gasteiger partial charge in [-0.2, -0.15) is 0 Å². The molecule has 0 amide bonds. The molecule has 3 rings (SSSR count). The summed E-state index contributed by atoms with van der Waals surface area (Å²) in [6, 6.07) is 9.72. The summed E-state index contributed by atoms with van der Waals surface area (Å²) in [7, 11) is 0. The van der Waals surface area contributed by atoms with Crippen LogP contribution in [0.25, 0.3) is 0 Å². The van der Waals surface area contributed by atoms with E-state index in [9.17, 15) is 5.11 Å². The van der Waals surface area contributed by atoms with Crippen LogP contribution in [0.4, 0.5) is 0 Å². The van der Waals surface area contributed by atoms with Crippen LogP contribution in [0.5, 0.6) is 5.75 Å². The van der Waals surface area contributed by atoms with E-state index in [2.05, 4.69) is 36.8 Å². The third-order valence-electron chi connectivity index (χ3n) is 4.21. The molecule has 3 N–H and O–H groups in total. The first-order valence-electron chi connectivity index (χ1n) is 8.62. The number of halogens is 1. The van der Waals surface area contributed by atoms with Crippen LogP contribution >= 0.6 is 15.9 Å². The van der Waals surface area contributed by atoms with Crippen LogP contribution in [0.1, 0.15) is 11.1 Å². The molecule has 1 aromatic carbocycles.